The zero-order chi connectivity index (χ0) is 18.9. The van der Waals surface area contributed by atoms with E-state index in [0.717, 1.165) is 24.9 Å². The molecule has 0 atom stereocenters. The number of carbonyl (C=O) groups is 1. The van der Waals surface area contributed by atoms with Crippen LogP contribution in [0.3, 0.4) is 0 Å². The van der Waals surface area contributed by atoms with Crippen LogP contribution in [-0.4, -0.2) is 22.3 Å². The first-order chi connectivity index (χ1) is 13.3. The molecule has 1 aromatic heterocycles. The fraction of sp³-hybridized carbons (Fsp3) is 0.227. The Balaban J connectivity index is 1.68. The molecule has 1 heterocycles. The van der Waals surface area contributed by atoms with Crippen LogP contribution in [0.2, 0.25) is 0 Å². The molecule has 0 fully saturated rings. The SMILES string of the molecule is CCCCNc1ncncc1OCc1cccc(C(=O)c2ccccc2)c1. The summed E-state index contributed by atoms with van der Waals surface area (Å²) < 4.78 is 5.90. The van der Waals surface area contributed by atoms with Gasteiger partial charge in [0.15, 0.2) is 17.4 Å². The van der Waals surface area contributed by atoms with Crippen LogP contribution >= 0.6 is 0 Å². The molecule has 0 aliphatic carbocycles. The lowest BCUT2D eigenvalue weighted by Gasteiger charge is -2.12. The predicted octanol–water partition coefficient (Wildman–Crippen LogP) is 4.50. The van der Waals surface area contributed by atoms with Gasteiger partial charge >= 0.3 is 0 Å². The minimum absolute atomic E-state index is 0.00224. The molecular weight excluding hydrogens is 338 g/mol. The second-order valence-corrected chi connectivity index (χ2v) is 6.20. The zero-order valence-electron chi connectivity index (χ0n) is 15.4. The Morgan fingerprint density at radius 3 is 2.70 bits per heavy atom. The van der Waals surface area contributed by atoms with Crippen molar-refractivity contribution in [2.75, 3.05) is 11.9 Å². The number of ether oxygens (including phenoxy) is 1. The topological polar surface area (TPSA) is 64.1 Å². The summed E-state index contributed by atoms with van der Waals surface area (Å²) in [6.45, 7) is 3.32. The lowest BCUT2D eigenvalue weighted by Crippen LogP contribution is -2.07. The van der Waals surface area contributed by atoms with Gasteiger partial charge in [0.1, 0.15) is 12.9 Å². The molecule has 0 amide bonds. The molecule has 3 aromatic rings. The highest BCUT2D eigenvalue weighted by Gasteiger charge is 2.10. The number of aromatic nitrogens is 2. The van der Waals surface area contributed by atoms with Crippen LogP contribution in [0, 0.1) is 0 Å². The molecule has 0 aliphatic rings. The van der Waals surface area contributed by atoms with E-state index in [1.54, 1.807) is 6.20 Å². The first-order valence-corrected chi connectivity index (χ1v) is 9.13. The number of ketones is 1. The monoisotopic (exact) mass is 361 g/mol. The van der Waals surface area contributed by atoms with Gasteiger partial charge < -0.3 is 10.1 Å². The lowest BCUT2D eigenvalue weighted by atomic mass is 10.0. The third kappa shape index (κ3) is 5.14. The first kappa shape index (κ1) is 18.6. The minimum Gasteiger partial charge on any atom is -0.483 e. The number of rotatable bonds is 9. The number of benzene rings is 2. The Hall–Kier alpha value is -3.21. The second kappa shape index (κ2) is 9.48. The van der Waals surface area contributed by atoms with Crippen LogP contribution in [0.25, 0.3) is 0 Å². The molecule has 0 unspecified atom stereocenters. The summed E-state index contributed by atoms with van der Waals surface area (Å²) in [5.41, 5.74) is 2.24. The summed E-state index contributed by atoms with van der Waals surface area (Å²) in [6, 6.07) is 16.8. The molecule has 2 aromatic carbocycles. The number of hydrogen-bond acceptors (Lipinski definition) is 5. The van der Waals surface area contributed by atoms with Crippen molar-refractivity contribution in [3.05, 3.63) is 83.8 Å². The van der Waals surface area contributed by atoms with Gasteiger partial charge in [-0.1, -0.05) is 61.9 Å². The number of hydrogen-bond donors (Lipinski definition) is 1. The average molecular weight is 361 g/mol. The van der Waals surface area contributed by atoms with Crippen LogP contribution in [0.1, 0.15) is 41.3 Å². The summed E-state index contributed by atoms with van der Waals surface area (Å²) in [7, 11) is 0. The van der Waals surface area contributed by atoms with Gasteiger partial charge in [-0.3, -0.25) is 4.79 Å². The van der Waals surface area contributed by atoms with Gasteiger partial charge in [-0.25, -0.2) is 9.97 Å². The highest BCUT2D eigenvalue weighted by molar-refractivity contribution is 6.09. The van der Waals surface area contributed by atoms with E-state index in [0.29, 0.717) is 29.3 Å². The molecule has 27 heavy (non-hydrogen) atoms. The summed E-state index contributed by atoms with van der Waals surface area (Å²) in [5.74, 6) is 1.30. The highest BCUT2D eigenvalue weighted by atomic mass is 16.5. The maximum absolute atomic E-state index is 12.6. The molecule has 3 rings (SSSR count). The molecule has 138 valence electrons. The van der Waals surface area contributed by atoms with Gasteiger partial charge in [-0.15, -0.1) is 0 Å². The van der Waals surface area contributed by atoms with Gasteiger partial charge in [0.2, 0.25) is 0 Å². The van der Waals surface area contributed by atoms with E-state index in [1.807, 2.05) is 54.6 Å². The van der Waals surface area contributed by atoms with E-state index in [1.165, 1.54) is 6.33 Å². The number of nitrogens with zero attached hydrogens (tertiary/aromatic N) is 2. The Labute approximate surface area is 159 Å². The van der Waals surface area contributed by atoms with E-state index in [9.17, 15) is 4.79 Å². The van der Waals surface area contributed by atoms with Crippen molar-refractivity contribution in [2.24, 2.45) is 0 Å². The molecule has 5 nitrogen and oxygen atoms in total. The third-order valence-corrected chi connectivity index (χ3v) is 4.12. The van der Waals surface area contributed by atoms with Crippen molar-refractivity contribution in [1.29, 1.82) is 0 Å². The van der Waals surface area contributed by atoms with Crippen LogP contribution in [0.4, 0.5) is 5.82 Å². The average Bonchev–Trinajstić information content (AvgIpc) is 2.73. The van der Waals surface area contributed by atoms with Crippen molar-refractivity contribution in [2.45, 2.75) is 26.4 Å². The number of unbranched alkanes of at least 4 members (excludes halogenated alkanes) is 1. The lowest BCUT2D eigenvalue weighted by molar-refractivity contribution is 0.103. The maximum Gasteiger partial charge on any atom is 0.193 e. The smallest absolute Gasteiger partial charge is 0.193 e. The molecule has 0 radical (unpaired) electrons. The van der Waals surface area contributed by atoms with Gasteiger partial charge in [-0.05, 0) is 18.1 Å². The summed E-state index contributed by atoms with van der Waals surface area (Å²) in [5, 5.41) is 3.27. The summed E-state index contributed by atoms with van der Waals surface area (Å²) >= 11 is 0. The number of carbonyl (C=O) groups excluding carboxylic acids is 1. The Bertz CT molecular complexity index is 881. The van der Waals surface area contributed by atoms with Crippen LogP contribution in [0.5, 0.6) is 5.75 Å². The number of anilines is 1. The minimum atomic E-state index is 0.00224. The van der Waals surface area contributed by atoms with Crippen molar-refractivity contribution in [3.8, 4) is 5.75 Å². The van der Waals surface area contributed by atoms with Crippen LogP contribution < -0.4 is 10.1 Å². The van der Waals surface area contributed by atoms with Gasteiger partial charge in [-0.2, -0.15) is 0 Å². The fourth-order valence-electron chi connectivity index (χ4n) is 2.66. The van der Waals surface area contributed by atoms with Crippen molar-refractivity contribution in [3.63, 3.8) is 0 Å². The summed E-state index contributed by atoms with van der Waals surface area (Å²) in [4.78, 5) is 20.9. The summed E-state index contributed by atoms with van der Waals surface area (Å²) in [6.07, 6.45) is 5.32. The zero-order valence-corrected chi connectivity index (χ0v) is 15.4. The first-order valence-electron chi connectivity index (χ1n) is 9.13. The van der Waals surface area contributed by atoms with E-state index in [4.69, 9.17) is 4.74 Å². The normalized spacial score (nSPS) is 10.4. The van der Waals surface area contributed by atoms with E-state index < -0.39 is 0 Å². The molecule has 0 spiro atoms. The van der Waals surface area contributed by atoms with Crippen molar-refractivity contribution < 1.29 is 9.53 Å². The highest BCUT2D eigenvalue weighted by Crippen LogP contribution is 2.21. The quantitative estimate of drug-likeness (QED) is 0.449. The molecule has 0 bridgehead atoms. The Morgan fingerprint density at radius 1 is 1.07 bits per heavy atom. The molecular formula is C22H23N3O2. The Morgan fingerprint density at radius 2 is 1.89 bits per heavy atom. The second-order valence-electron chi connectivity index (χ2n) is 6.20. The molecule has 0 saturated carbocycles. The molecule has 0 aliphatic heterocycles. The largest absolute Gasteiger partial charge is 0.483 e. The van der Waals surface area contributed by atoms with E-state index in [2.05, 4.69) is 22.2 Å². The fourth-order valence-corrected chi connectivity index (χ4v) is 2.66. The molecule has 5 heteroatoms. The van der Waals surface area contributed by atoms with Crippen LogP contribution in [-0.2, 0) is 6.61 Å². The number of nitrogens with one attached hydrogen (secondary N) is 1. The maximum atomic E-state index is 12.6. The molecule has 0 saturated heterocycles. The predicted molar refractivity (Wildman–Crippen MR) is 106 cm³/mol. The van der Waals surface area contributed by atoms with E-state index >= 15 is 0 Å². The molecule has 1 N–H and O–H groups in total. The van der Waals surface area contributed by atoms with Gasteiger partial charge in [0, 0.05) is 17.7 Å². The standard InChI is InChI=1S/C22H23N3O2/c1-2-3-12-24-22-20(14-23-16-25-22)27-15-17-8-7-11-19(13-17)21(26)18-9-5-4-6-10-18/h4-11,13-14,16H,2-3,12,15H2,1H3,(H,23,24,25). The van der Waals surface area contributed by atoms with Crippen LogP contribution in [0.15, 0.2) is 67.1 Å². The van der Waals surface area contributed by atoms with Crippen molar-refractivity contribution in [1.82, 2.24) is 9.97 Å². The Kier molecular flexibility index (Phi) is 6.52. The van der Waals surface area contributed by atoms with Gasteiger partial charge in [0.05, 0.1) is 6.20 Å². The van der Waals surface area contributed by atoms with E-state index in [-0.39, 0.29) is 5.78 Å². The van der Waals surface area contributed by atoms with Crippen molar-refractivity contribution >= 4 is 11.6 Å². The van der Waals surface area contributed by atoms with Gasteiger partial charge in [0.25, 0.3) is 0 Å². The third-order valence-electron chi connectivity index (χ3n) is 4.12.